The second kappa shape index (κ2) is 14.7. The molecule has 180 valence electrons. The van der Waals surface area contributed by atoms with Crippen molar-refractivity contribution in [1.82, 2.24) is 0 Å². The maximum atomic E-state index is 2.24. The SMILES string of the molecule is C[C](C)=[Ti+2].[Cl-].[Cl-].c1ccc(-c2cc3ccccc3[cH-]2)cc1.c1ccc(-c2cc3ccccc3[cH-]2)cc1. The summed E-state index contributed by atoms with van der Waals surface area (Å²) in [5.74, 6) is 0. The van der Waals surface area contributed by atoms with Gasteiger partial charge in [0.2, 0.25) is 0 Å². The maximum absolute atomic E-state index is 2.24. The van der Waals surface area contributed by atoms with E-state index in [4.69, 9.17) is 0 Å². The van der Waals surface area contributed by atoms with E-state index < -0.39 is 0 Å². The van der Waals surface area contributed by atoms with E-state index in [0.29, 0.717) is 0 Å². The van der Waals surface area contributed by atoms with Crippen LogP contribution in [-0.2, 0) is 20.0 Å². The van der Waals surface area contributed by atoms with Crippen LogP contribution < -0.4 is 24.8 Å². The standard InChI is InChI=1S/2C15H11.C3H6.2ClH.Ti/c2*1-2-6-12(7-3-1)15-10-13-8-4-5-9-14(13)11-15;1-3-2;;;/h2*1-11H;1-2H3;2*1H;/q2*-1;;;;+2/p-2. The van der Waals surface area contributed by atoms with Crippen LogP contribution in [0, 0.1) is 0 Å². The molecule has 6 aromatic rings. The summed E-state index contributed by atoms with van der Waals surface area (Å²) in [6, 6.07) is 46.9. The van der Waals surface area contributed by atoms with Gasteiger partial charge in [0.05, 0.1) is 0 Å². The molecule has 0 aliphatic rings. The topological polar surface area (TPSA) is 0 Å². The Kier molecular flexibility index (Phi) is 12.1. The van der Waals surface area contributed by atoms with Gasteiger partial charge < -0.3 is 24.8 Å². The van der Waals surface area contributed by atoms with Gasteiger partial charge in [-0.3, -0.25) is 0 Å². The van der Waals surface area contributed by atoms with Gasteiger partial charge in [0.25, 0.3) is 0 Å². The first-order valence-corrected chi connectivity index (χ1v) is 12.3. The molecule has 6 rings (SSSR count). The zero-order chi connectivity index (χ0) is 23.8. The predicted octanol–water partition coefficient (Wildman–Crippen LogP) is 3.20. The van der Waals surface area contributed by atoms with Gasteiger partial charge in [-0.2, -0.15) is 0 Å². The van der Waals surface area contributed by atoms with Crippen molar-refractivity contribution >= 4 is 25.4 Å². The van der Waals surface area contributed by atoms with Crippen LogP contribution in [-0.4, -0.2) is 3.81 Å². The first-order valence-electron chi connectivity index (χ1n) is 11.5. The number of halogens is 2. The number of hydrogen-bond acceptors (Lipinski definition) is 0. The fourth-order valence-corrected chi connectivity index (χ4v) is 3.90. The average Bonchev–Trinajstić information content (AvgIpc) is 3.50. The fraction of sp³-hybridized carbons (Fsp3) is 0.0606. The smallest absolute Gasteiger partial charge is 0.0635 e. The molecule has 0 heterocycles. The number of fused-ring (bicyclic) bond motifs is 2. The molecule has 0 atom stereocenters. The summed E-state index contributed by atoms with van der Waals surface area (Å²) in [5, 5.41) is 5.26. The molecule has 0 aromatic heterocycles. The van der Waals surface area contributed by atoms with Crippen LogP contribution >= 0.6 is 0 Å². The van der Waals surface area contributed by atoms with Crippen LogP contribution in [0.2, 0.25) is 0 Å². The molecule has 0 fully saturated rings. The Bertz CT molecular complexity index is 1300. The molecule has 0 bridgehead atoms. The first-order chi connectivity index (χ1) is 16.6. The van der Waals surface area contributed by atoms with Gasteiger partial charge >= 0.3 is 37.6 Å². The van der Waals surface area contributed by atoms with Crippen LogP contribution in [0.3, 0.4) is 0 Å². The van der Waals surface area contributed by atoms with E-state index in [1.807, 2.05) is 12.1 Å². The minimum Gasteiger partial charge on any atom is -1.00 e. The third kappa shape index (κ3) is 8.15. The van der Waals surface area contributed by atoms with Crippen LogP contribution in [0.1, 0.15) is 13.8 Å². The van der Waals surface area contributed by atoms with Gasteiger partial charge in [-0.25, -0.2) is 0 Å². The van der Waals surface area contributed by atoms with Gasteiger partial charge in [0, 0.05) is 0 Å². The quantitative estimate of drug-likeness (QED) is 0.233. The molecule has 36 heavy (non-hydrogen) atoms. The summed E-state index contributed by atoms with van der Waals surface area (Å²) in [6.07, 6.45) is 0. The van der Waals surface area contributed by atoms with E-state index in [1.54, 1.807) is 0 Å². The summed E-state index contributed by atoms with van der Waals surface area (Å²) >= 11 is 2.08. The van der Waals surface area contributed by atoms with Gasteiger partial charge in [0.1, 0.15) is 0 Å². The number of hydrogen-bond donors (Lipinski definition) is 0. The maximum Gasteiger partial charge on any atom is -0.0635 e. The Morgan fingerprint density at radius 3 is 1.14 bits per heavy atom. The molecule has 0 amide bonds. The Morgan fingerprint density at radius 2 is 0.806 bits per heavy atom. The Balaban J connectivity index is 0.000000211. The summed E-state index contributed by atoms with van der Waals surface area (Å²) < 4.78 is 1.42. The Hall–Kier alpha value is -2.74. The molecule has 3 heteroatoms. The van der Waals surface area contributed by atoms with Crippen LogP contribution in [0.5, 0.6) is 0 Å². The largest absolute Gasteiger partial charge is 1.00 e. The summed E-state index contributed by atoms with van der Waals surface area (Å²) in [4.78, 5) is 0. The molecule has 0 saturated heterocycles. The zero-order valence-corrected chi connectivity index (χ0v) is 23.5. The Morgan fingerprint density at radius 1 is 0.500 bits per heavy atom. The fourth-order valence-electron chi connectivity index (χ4n) is 3.90. The van der Waals surface area contributed by atoms with Crippen LogP contribution in [0.15, 0.2) is 133 Å². The molecular weight excluding hydrogens is 515 g/mol. The summed E-state index contributed by atoms with van der Waals surface area (Å²) in [5.41, 5.74) is 5.18. The van der Waals surface area contributed by atoms with E-state index >= 15 is 0 Å². The first kappa shape index (κ1) is 29.5. The van der Waals surface area contributed by atoms with Crippen molar-refractivity contribution in [2.75, 3.05) is 0 Å². The third-order valence-corrected chi connectivity index (χ3v) is 5.45. The molecule has 0 N–H and O–H groups in total. The summed E-state index contributed by atoms with van der Waals surface area (Å²) in [7, 11) is 0. The van der Waals surface area contributed by atoms with Crippen LogP contribution in [0.4, 0.5) is 0 Å². The van der Waals surface area contributed by atoms with Crippen LogP contribution in [0.25, 0.3) is 43.8 Å². The van der Waals surface area contributed by atoms with Crippen molar-refractivity contribution < 1.29 is 44.8 Å². The van der Waals surface area contributed by atoms with E-state index in [1.165, 1.54) is 47.6 Å². The van der Waals surface area contributed by atoms with Gasteiger partial charge in [-0.1, -0.05) is 108 Å². The van der Waals surface area contributed by atoms with Crippen molar-refractivity contribution in [2.45, 2.75) is 13.8 Å². The van der Waals surface area contributed by atoms with Gasteiger partial charge in [-0.15, -0.1) is 69.1 Å². The molecule has 0 aliphatic carbocycles. The van der Waals surface area contributed by atoms with Crippen molar-refractivity contribution in [3.8, 4) is 22.3 Å². The van der Waals surface area contributed by atoms with Crippen molar-refractivity contribution in [3.63, 3.8) is 0 Å². The molecule has 0 aliphatic heterocycles. The van der Waals surface area contributed by atoms with E-state index in [-0.39, 0.29) is 24.8 Å². The number of rotatable bonds is 2. The van der Waals surface area contributed by atoms with Crippen molar-refractivity contribution in [3.05, 3.63) is 133 Å². The molecule has 0 radical (unpaired) electrons. The molecule has 0 nitrogen and oxygen atoms in total. The van der Waals surface area contributed by atoms with E-state index in [0.717, 1.165) is 0 Å². The van der Waals surface area contributed by atoms with E-state index in [2.05, 4.69) is 155 Å². The molecular formula is C33H28Cl2Ti-2. The second-order valence-corrected chi connectivity index (χ2v) is 10.0. The monoisotopic (exact) mass is 542 g/mol. The minimum absolute atomic E-state index is 0. The predicted molar refractivity (Wildman–Crippen MR) is 146 cm³/mol. The molecule has 0 unspecified atom stereocenters. The molecule has 6 aromatic carbocycles. The minimum atomic E-state index is 0. The average molecular weight is 543 g/mol. The second-order valence-electron chi connectivity index (χ2n) is 8.48. The normalized spacial score (nSPS) is 9.67. The van der Waals surface area contributed by atoms with E-state index in [9.17, 15) is 0 Å². The van der Waals surface area contributed by atoms with Crippen molar-refractivity contribution in [2.24, 2.45) is 0 Å². The van der Waals surface area contributed by atoms with Gasteiger partial charge in [-0.05, 0) is 0 Å². The third-order valence-electron chi connectivity index (χ3n) is 5.45. The molecule has 0 saturated carbocycles. The Labute approximate surface area is 238 Å². The van der Waals surface area contributed by atoms with Gasteiger partial charge in [0.15, 0.2) is 0 Å². The number of benzene rings is 4. The zero-order valence-electron chi connectivity index (χ0n) is 20.5. The summed E-state index contributed by atoms with van der Waals surface area (Å²) in [6.45, 7) is 4.17. The van der Waals surface area contributed by atoms with Crippen molar-refractivity contribution in [1.29, 1.82) is 0 Å². The molecule has 0 spiro atoms.